The number of hydrogen-bond donors (Lipinski definition) is 16. The van der Waals surface area contributed by atoms with Gasteiger partial charge in [0, 0.05) is 24.6 Å². The van der Waals surface area contributed by atoms with Gasteiger partial charge in [0.25, 0.3) is 0 Å². The number of nitrogens with two attached hydrogens (primary N) is 6. The summed E-state index contributed by atoms with van der Waals surface area (Å²) in [6, 6.07) is -1.70. The van der Waals surface area contributed by atoms with Crippen molar-refractivity contribution in [1.82, 2.24) is 47.9 Å². The minimum atomic E-state index is -1.33. The van der Waals surface area contributed by atoms with Gasteiger partial charge in [0.05, 0.1) is 32.2 Å². The molecule has 1 heterocycles. The van der Waals surface area contributed by atoms with Crippen molar-refractivity contribution in [2.75, 3.05) is 50.8 Å². The zero-order chi connectivity index (χ0) is 53.0. The largest absolute Gasteiger partial charge is 0.508 e. The van der Waals surface area contributed by atoms with Crippen LogP contribution in [-0.2, 0) is 54.4 Å². The first kappa shape index (κ1) is 60.0. The second-order valence-corrected chi connectivity index (χ2v) is 18.9. The van der Waals surface area contributed by atoms with E-state index in [-0.39, 0.29) is 86.7 Å². The van der Waals surface area contributed by atoms with Crippen LogP contribution in [0.5, 0.6) is 5.75 Å². The Kier molecular flexibility index (Phi) is 27.0. The molecule has 30 heteroatoms. The first-order valence-electron chi connectivity index (χ1n) is 22.3. The van der Waals surface area contributed by atoms with Crippen LogP contribution in [0.2, 0.25) is 0 Å². The molecule has 0 saturated carbocycles. The van der Waals surface area contributed by atoms with Crippen LogP contribution in [0.1, 0.15) is 51.5 Å². The maximum Gasteiger partial charge on any atom is 0.243 e. The zero-order valence-electron chi connectivity index (χ0n) is 39.5. The zero-order valence-corrected chi connectivity index (χ0v) is 41.1. The summed E-state index contributed by atoms with van der Waals surface area (Å²) in [5, 5.41) is 31.7. The number of carbonyl (C=O) groups is 10. The van der Waals surface area contributed by atoms with Crippen LogP contribution in [-0.4, -0.2) is 163 Å². The summed E-state index contributed by atoms with van der Waals surface area (Å²) in [5.74, 6) is -9.20. The molecule has 1 aliphatic heterocycles. The Bertz CT molecular complexity index is 2070. The van der Waals surface area contributed by atoms with E-state index < -0.39 is 122 Å². The molecule has 0 unspecified atom stereocenters. The maximum atomic E-state index is 13.9. The number of benzene rings is 1. The Hall–Kier alpha value is -7.08. The third-order valence-electron chi connectivity index (χ3n) is 9.85. The molecule has 1 aliphatic rings. The average Bonchev–Trinajstić information content (AvgIpc) is 3.30. The van der Waals surface area contributed by atoms with Gasteiger partial charge in [-0.2, -0.15) is 0 Å². The highest BCUT2D eigenvalue weighted by Crippen LogP contribution is 2.23. The number of rotatable bonds is 15. The van der Waals surface area contributed by atoms with E-state index in [4.69, 9.17) is 34.4 Å². The number of nitrogens with zero attached hydrogens (tertiary/aromatic N) is 2. The topological polar surface area (TPSA) is 480 Å². The van der Waals surface area contributed by atoms with E-state index in [0.29, 0.717) is 5.56 Å². The van der Waals surface area contributed by atoms with E-state index >= 15 is 0 Å². The lowest BCUT2D eigenvalue weighted by Gasteiger charge is -2.26. The molecule has 1 saturated heterocycles. The van der Waals surface area contributed by atoms with Crippen molar-refractivity contribution in [1.29, 1.82) is 0 Å². The first-order valence-corrected chi connectivity index (χ1v) is 24.8. The molecular weight excluding hydrogens is 971 g/mol. The minimum Gasteiger partial charge on any atom is -0.508 e. The van der Waals surface area contributed by atoms with Crippen molar-refractivity contribution in [2.45, 2.75) is 88.6 Å². The van der Waals surface area contributed by atoms with E-state index in [0.717, 1.165) is 21.6 Å². The Morgan fingerprint density at radius 3 is 1.65 bits per heavy atom. The number of primary amides is 1. The number of aliphatic imine (C=N–C) groups is 2. The Labute approximate surface area is 417 Å². The van der Waals surface area contributed by atoms with Gasteiger partial charge in [-0.15, -0.1) is 0 Å². The molecule has 0 radical (unpaired) electrons. The third-order valence-corrected chi connectivity index (χ3v) is 12.3. The van der Waals surface area contributed by atoms with Crippen LogP contribution in [0, 0.1) is 5.92 Å². The monoisotopic (exact) mass is 1040 g/mol. The van der Waals surface area contributed by atoms with Crippen LogP contribution in [0.15, 0.2) is 34.3 Å². The van der Waals surface area contributed by atoms with Gasteiger partial charge in [-0.25, -0.2) is 0 Å². The van der Waals surface area contributed by atoms with Crippen LogP contribution in [0.3, 0.4) is 0 Å². The SMILES string of the molecule is CC(C)C[C@@H]1NC(=O)[C@H](CCCN=C(N)N)NC(=O)[C@H](CCCN=C(N)N)NC(=O)CNC(=O)CNC(=O)[C@@H](NC(=O)[C@@H](N)Cc2ccc(O)cc2)CSSC[C@@H](C(N)=O)NC(=O)CNC(=O)CNC1=O. The molecule has 0 aromatic heterocycles. The van der Waals surface area contributed by atoms with Crippen LogP contribution >= 0.6 is 21.6 Å². The van der Waals surface area contributed by atoms with Gasteiger partial charge in [0.15, 0.2) is 11.9 Å². The van der Waals surface area contributed by atoms with Crippen molar-refractivity contribution in [3.8, 4) is 5.75 Å². The second-order valence-electron chi connectivity index (χ2n) is 16.4. The summed E-state index contributed by atoms with van der Waals surface area (Å²) >= 11 is 0. The van der Waals surface area contributed by atoms with E-state index in [2.05, 4.69) is 57.8 Å². The van der Waals surface area contributed by atoms with Crippen molar-refractivity contribution in [3.63, 3.8) is 0 Å². The molecule has 0 bridgehead atoms. The van der Waals surface area contributed by atoms with Gasteiger partial charge in [0.1, 0.15) is 36.0 Å². The highest BCUT2D eigenvalue weighted by molar-refractivity contribution is 8.76. The molecule has 1 fully saturated rings. The number of amides is 10. The fraction of sp³-hybridized carbons (Fsp3) is 0.561. The smallest absolute Gasteiger partial charge is 0.243 e. The Morgan fingerprint density at radius 2 is 1.13 bits per heavy atom. The number of nitrogens with one attached hydrogen (secondary N) is 9. The molecular formula is C41H67N17O11S2. The molecule has 71 heavy (non-hydrogen) atoms. The summed E-state index contributed by atoms with van der Waals surface area (Å²) in [6.45, 7) is 1.03. The Balaban J connectivity index is 2.43. The van der Waals surface area contributed by atoms with E-state index in [9.17, 15) is 53.1 Å². The summed E-state index contributed by atoms with van der Waals surface area (Å²) in [5.41, 5.74) is 34.1. The summed E-state index contributed by atoms with van der Waals surface area (Å²) in [4.78, 5) is 140. The van der Waals surface area contributed by atoms with Crippen molar-refractivity contribution in [2.24, 2.45) is 50.3 Å². The van der Waals surface area contributed by atoms with Crippen LogP contribution in [0.4, 0.5) is 0 Å². The third kappa shape index (κ3) is 25.4. The lowest BCUT2D eigenvalue weighted by atomic mass is 10.0. The highest BCUT2D eigenvalue weighted by Gasteiger charge is 2.31. The molecule has 1 aromatic carbocycles. The molecule has 394 valence electrons. The standard InChI is InChI=1S/C41H67N17O11S2/c1-21(2)13-27-36(66)52-15-30(60)51-18-33(63)55-28(34(43)64)19-70-71-20-29(58-35(65)24(42)14-22-7-9-23(59)10-8-22)37(67)53-16-31(61)50-17-32(62)54-25(5-3-11-48-40(44)45)38(68)56-26(39(69)57-27)6-4-12-49-41(46)47/h7-10,21,24-29,59H,3-6,11-20,42H2,1-2H3,(H2,43,64)(H,50,61)(H,51,60)(H,52,66)(H,53,67)(H,54,62)(H,55,63)(H,56,68)(H,57,69)(H,58,65)(H4,44,45,48)(H4,46,47,49)/t24-,25-,26-,27-,28-,29-/m0/s1. The molecule has 1 aromatic rings. The van der Waals surface area contributed by atoms with Gasteiger partial charge >= 0.3 is 0 Å². The number of carbonyl (C=O) groups excluding carboxylic acids is 10. The van der Waals surface area contributed by atoms with Gasteiger partial charge in [-0.05, 0) is 62.1 Å². The summed E-state index contributed by atoms with van der Waals surface area (Å²) < 4.78 is 0. The quantitative estimate of drug-likeness (QED) is 0.0336. The first-order chi connectivity index (χ1) is 33.5. The predicted molar refractivity (Wildman–Crippen MR) is 265 cm³/mol. The number of phenols is 1. The van der Waals surface area contributed by atoms with Gasteiger partial charge in [0.2, 0.25) is 59.1 Å². The number of hydrogen-bond acceptors (Lipinski definition) is 16. The molecule has 0 aliphatic carbocycles. The van der Waals surface area contributed by atoms with Crippen molar-refractivity contribution in [3.05, 3.63) is 29.8 Å². The summed E-state index contributed by atoms with van der Waals surface area (Å²) in [6.07, 6.45) is 0.313. The van der Waals surface area contributed by atoms with Gasteiger partial charge in [-0.3, -0.25) is 57.9 Å². The van der Waals surface area contributed by atoms with Crippen molar-refractivity contribution >= 4 is 92.6 Å². The number of guanidine groups is 2. The Morgan fingerprint density at radius 1 is 0.648 bits per heavy atom. The molecule has 6 atom stereocenters. The van der Waals surface area contributed by atoms with Crippen LogP contribution < -0.4 is 82.3 Å². The molecule has 2 rings (SSSR count). The number of phenolic OH excluding ortho intramolecular Hbond substituents is 1. The fourth-order valence-electron chi connectivity index (χ4n) is 6.21. The second kappa shape index (κ2) is 31.9. The lowest BCUT2D eigenvalue weighted by molar-refractivity contribution is -0.134. The molecule has 0 spiro atoms. The van der Waals surface area contributed by atoms with Crippen molar-refractivity contribution < 1.29 is 53.1 Å². The van der Waals surface area contributed by atoms with E-state index in [1.807, 2.05) is 0 Å². The molecule has 28 nitrogen and oxygen atoms in total. The maximum absolute atomic E-state index is 13.9. The van der Waals surface area contributed by atoms with E-state index in [1.165, 1.54) is 12.1 Å². The fourth-order valence-corrected chi connectivity index (χ4v) is 8.56. The average molecular weight is 1040 g/mol. The highest BCUT2D eigenvalue weighted by atomic mass is 33.1. The minimum absolute atomic E-state index is 0.00239. The normalized spacial score (nSPS) is 21.5. The lowest BCUT2D eigenvalue weighted by Crippen LogP contribution is -2.58. The summed E-state index contributed by atoms with van der Waals surface area (Å²) in [7, 11) is 1.98. The number of aromatic hydroxyl groups is 1. The van der Waals surface area contributed by atoms with Crippen LogP contribution in [0.25, 0.3) is 0 Å². The molecule has 10 amide bonds. The van der Waals surface area contributed by atoms with Gasteiger partial charge < -0.3 is 87.4 Å². The van der Waals surface area contributed by atoms with E-state index in [1.54, 1.807) is 26.0 Å². The van der Waals surface area contributed by atoms with Gasteiger partial charge in [-0.1, -0.05) is 47.6 Å². The molecule has 22 N–H and O–H groups in total. The predicted octanol–water partition coefficient (Wildman–Crippen LogP) is -6.82.